The lowest BCUT2D eigenvalue weighted by Gasteiger charge is -2.17. The van der Waals surface area contributed by atoms with Crippen molar-refractivity contribution in [2.24, 2.45) is 0 Å². The van der Waals surface area contributed by atoms with Gasteiger partial charge in [-0.1, -0.05) is 19.0 Å². The van der Waals surface area contributed by atoms with E-state index in [4.69, 9.17) is 4.52 Å². The summed E-state index contributed by atoms with van der Waals surface area (Å²) >= 11 is 0. The fourth-order valence-electron chi connectivity index (χ4n) is 1.29. The monoisotopic (exact) mass is 211 g/mol. The van der Waals surface area contributed by atoms with Crippen molar-refractivity contribution in [2.45, 2.75) is 13.8 Å². The van der Waals surface area contributed by atoms with Crippen molar-refractivity contribution in [3.05, 3.63) is 18.0 Å². The minimum Gasteiger partial charge on any atom is -0.351 e. The quantitative estimate of drug-likeness (QED) is 0.754. The van der Waals surface area contributed by atoms with Gasteiger partial charge in [0, 0.05) is 19.2 Å². The molecule has 0 saturated heterocycles. The highest BCUT2D eigenvalue weighted by Gasteiger charge is 2.08. The van der Waals surface area contributed by atoms with E-state index in [0.29, 0.717) is 6.54 Å². The van der Waals surface area contributed by atoms with Gasteiger partial charge < -0.3 is 14.7 Å². The maximum Gasteiger partial charge on any atom is 0.289 e. The number of likely N-dealkylation sites (N-methyl/N-ethyl adjacent to an activating group) is 1. The van der Waals surface area contributed by atoms with Crippen LogP contribution in [-0.4, -0.2) is 42.1 Å². The molecule has 0 spiro atoms. The highest BCUT2D eigenvalue weighted by molar-refractivity contribution is 5.91. The zero-order valence-electron chi connectivity index (χ0n) is 9.19. The molecule has 84 valence electrons. The third-order valence-electron chi connectivity index (χ3n) is 2.27. The van der Waals surface area contributed by atoms with Crippen molar-refractivity contribution in [1.29, 1.82) is 0 Å². The molecule has 0 aliphatic heterocycles. The van der Waals surface area contributed by atoms with Crippen LogP contribution in [0.5, 0.6) is 0 Å². The summed E-state index contributed by atoms with van der Waals surface area (Å²) in [6, 6.07) is 1.55. The van der Waals surface area contributed by atoms with E-state index in [0.717, 1.165) is 19.6 Å². The number of amides is 1. The van der Waals surface area contributed by atoms with E-state index in [2.05, 4.69) is 29.2 Å². The van der Waals surface area contributed by atoms with Crippen molar-refractivity contribution in [3.63, 3.8) is 0 Å². The van der Waals surface area contributed by atoms with E-state index in [-0.39, 0.29) is 11.7 Å². The molecule has 0 unspecified atom stereocenters. The minimum atomic E-state index is -0.209. The molecular weight excluding hydrogens is 194 g/mol. The molecule has 0 saturated carbocycles. The fraction of sp³-hybridized carbons (Fsp3) is 0.600. The summed E-state index contributed by atoms with van der Waals surface area (Å²) in [5, 5.41) is 6.24. The molecule has 5 heteroatoms. The van der Waals surface area contributed by atoms with Crippen molar-refractivity contribution in [3.8, 4) is 0 Å². The number of aromatic nitrogens is 1. The maximum absolute atomic E-state index is 11.4. The average molecular weight is 211 g/mol. The standard InChI is InChI=1S/C10H17N3O2/c1-3-13(4-2)8-7-11-10(14)9-5-6-12-15-9/h5-6H,3-4,7-8H2,1-2H3,(H,11,14). The van der Waals surface area contributed by atoms with Crippen LogP contribution in [0.1, 0.15) is 24.4 Å². The Morgan fingerprint density at radius 2 is 2.27 bits per heavy atom. The largest absolute Gasteiger partial charge is 0.351 e. The third-order valence-corrected chi connectivity index (χ3v) is 2.27. The summed E-state index contributed by atoms with van der Waals surface area (Å²) in [7, 11) is 0. The van der Waals surface area contributed by atoms with Gasteiger partial charge >= 0.3 is 0 Å². The Bertz CT molecular complexity index is 281. The number of nitrogens with zero attached hydrogens (tertiary/aromatic N) is 2. The Labute approximate surface area is 89.4 Å². The smallest absolute Gasteiger partial charge is 0.289 e. The van der Waals surface area contributed by atoms with Crippen molar-refractivity contribution < 1.29 is 9.32 Å². The first kappa shape index (κ1) is 11.7. The van der Waals surface area contributed by atoms with Crippen LogP contribution in [0.25, 0.3) is 0 Å². The second-order valence-electron chi connectivity index (χ2n) is 3.16. The normalized spacial score (nSPS) is 10.6. The van der Waals surface area contributed by atoms with Crippen LogP contribution in [-0.2, 0) is 0 Å². The van der Waals surface area contributed by atoms with Gasteiger partial charge in [0.1, 0.15) is 0 Å². The molecule has 1 heterocycles. The highest BCUT2D eigenvalue weighted by Crippen LogP contribution is 1.95. The van der Waals surface area contributed by atoms with Gasteiger partial charge in [-0.2, -0.15) is 0 Å². The molecule has 5 nitrogen and oxygen atoms in total. The van der Waals surface area contributed by atoms with Crippen molar-refractivity contribution in [1.82, 2.24) is 15.4 Å². The molecule has 0 aromatic carbocycles. The molecule has 0 atom stereocenters. The van der Waals surface area contributed by atoms with E-state index in [1.807, 2.05) is 0 Å². The first-order chi connectivity index (χ1) is 7.27. The van der Waals surface area contributed by atoms with Gasteiger partial charge in [-0.25, -0.2) is 0 Å². The third kappa shape index (κ3) is 3.71. The summed E-state index contributed by atoms with van der Waals surface area (Å²) in [4.78, 5) is 13.6. The molecule has 1 aromatic heterocycles. The van der Waals surface area contributed by atoms with Crippen LogP contribution < -0.4 is 5.32 Å². The number of carbonyl (C=O) groups is 1. The average Bonchev–Trinajstić information content (AvgIpc) is 2.77. The SMILES string of the molecule is CCN(CC)CCNC(=O)c1ccno1. The number of nitrogens with one attached hydrogen (secondary N) is 1. The number of hydrogen-bond acceptors (Lipinski definition) is 4. The molecule has 0 fully saturated rings. The molecule has 0 aliphatic rings. The second kappa shape index (κ2) is 6.19. The number of carbonyl (C=O) groups excluding carboxylic acids is 1. The minimum absolute atomic E-state index is 0.209. The maximum atomic E-state index is 11.4. The summed E-state index contributed by atoms with van der Waals surface area (Å²) in [6.45, 7) is 7.67. The zero-order chi connectivity index (χ0) is 11.1. The van der Waals surface area contributed by atoms with Crippen LogP contribution in [0.2, 0.25) is 0 Å². The topological polar surface area (TPSA) is 58.4 Å². The predicted molar refractivity (Wildman–Crippen MR) is 56.6 cm³/mol. The Morgan fingerprint density at radius 1 is 1.53 bits per heavy atom. The summed E-state index contributed by atoms with van der Waals surface area (Å²) in [5.74, 6) is 0.0502. The van der Waals surface area contributed by atoms with Crippen LogP contribution in [0.15, 0.2) is 16.8 Å². The molecule has 0 aliphatic carbocycles. The van der Waals surface area contributed by atoms with Crippen LogP contribution in [0.4, 0.5) is 0 Å². The lowest BCUT2D eigenvalue weighted by molar-refractivity contribution is 0.0912. The van der Waals surface area contributed by atoms with Gasteiger partial charge in [-0.05, 0) is 13.1 Å². The molecule has 1 N–H and O–H groups in total. The summed E-state index contributed by atoms with van der Waals surface area (Å²) in [6.07, 6.45) is 1.46. The van der Waals surface area contributed by atoms with Crippen molar-refractivity contribution >= 4 is 5.91 Å². The predicted octanol–water partition coefficient (Wildman–Crippen LogP) is 0.746. The molecule has 15 heavy (non-hydrogen) atoms. The fourth-order valence-corrected chi connectivity index (χ4v) is 1.29. The van der Waals surface area contributed by atoms with Gasteiger partial charge in [0.25, 0.3) is 5.91 Å². The molecule has 1 amide bonds. The van der Waals surface area contributed by atoms with E-state index < -0.39 is 0 Å². The number of rotatable bonds is 6. The van der Waals surface area contributed by atoms with E-state index in [1.165, 1.54) is 6.20 Å². The van der Waals surface area contributed by atoms with Crippen LogP contribution in [0.3, 0.4) is 0 Å². The lowest BCUT2D eigenvalue weighted by Crippen LogP contribution is -2.34. The summed E-state index contributed by atoms with van der Waals surface area (Å²) in [5.41, 5.74) is 0. The zero-order valence-corrected chi connectivity index (χ0v) is 9.19. The molecule has 0 bridgehead atoms. The molecule has 1 rings (SSSR count). The Balaban J connectivity index is 2.23. The van der Waals surface area contributed by atoms with E-state index in [1.54, 1.807) is 6.07 Å². The Hall–Kier alpha value is -1.36. The molecule has 0 radical (unpaired) electrons. The number of hydrogen-bond donors (Lipinski definition) is 1. The first-order valence-electron chi connectivity index (χ1n) is 5.19. The van der Waals surface area contributed by atoms with Crippen LogP contribution in [0, 0.1) is 0 Å². The highest BCUT2D eigenvalue weighted by atomic mass is 16.5. The van der Waals surface area contributed by atoms with Gasteiger partial charge in [0.05, 0.1) is 6.20 Å². The van der Waals surface area contributed by atoms with Crippen LogP contribution >= 0.6 is 0 Å². The van der Waals surface area contributed by atoms with Gasteiger partial charge in [-0.3, -0.25) is 4.79 Å². The second-order valence-corrected chi connectivity index (χ2v) is 3.16. The first-order valence-corrected chi connectivity index (χ1v) is 5.19. The van der Waals surface area contributed by atoms with E-state index >= 15 is 0 Å². The molecule has 1 aromatic rings. The van der Waals surface area contributed by atoms with Gasteiger partial charge in [-0.15, -0.1) is 0 Å². The Morgan fingerprint density at radius 3 is 2.80 bits per heavy atom. The molecular formula is C10H17N3O2. The van der Waals surface area contributed by atoms with Gasteiger partial charge in [0.15, 0.2) is 0 Å². The van der Waals surface area contributed by atoms with Crippen molar-refractivity contribution in [2.75, 3.05) is 26.2 Å². The Kier molecular flexibility index (Phi) is 4.83. The van der Waals surface area contributed by atoms with E-state index in [9.17, 15) is 4.79 Å². The lowest BCUT2D eigenvalue weighted by atomic mass is 10.4. The summed E-state index contributed by atoms with van der Waals surface area (Å²) < 4.78 is 4.73. The van der Waals surface area contributed by atoms with Gasteiger partial charge in [0.2, 0.25) is 5.76 Å².